The van der Waals surface area contributed by atoms with Crippen molar-refractivity contribution in [1.29, 1.82) is 0 Å². The summed E-state index contributed by atoms with van der Waals surface area (Å²) in [6, 6.07) is 16.9. The zero-order valence-electron chi connectivity index (χ0n) is 18.3. The molecule has 0 atom stereocenters. The molecule has 3 rings (SSSR count). The first kappa shape index (κ1) is 21.6. The van der Waals surface area contributed by atoms with Gasteiger partial charge in [-0.3, -0.25) is 0 Å². The SMILES string of the molecule is CCCCCCCCCCCCCCNc1c2ccccc2nc2ccccc12. The predicted octanol–water partition coefficient (Wildman–Crippen LogP) is 8.50. The van der Waals surface area contributed by atoms with Gasteiger partial charge in [0.15, 0.2) is 0 Å². The van der Waals surface area contributed by atoms with E-state index in [1.807, 2.05) is 0 Å². The molecule has 2 nitrogen and oxygen atoms in total. The fraction of sp³-hybridized carbons (Fsp3) is 0.519. The third-order valence-electron chi connectivity index (χ3n) is 5.92. The Morgan fingerprint density at radius 2 is 1.03 bits per heavy atom. The second-order valence-electron chi connectivity index (χ2n) is 8.34. The average molecular weight is 391 g/mol. The fourth-order valence-corrected chi connectivity index (χ4v) is 4.21. The lowest BCUT2D eigenvalue weighted by atomic mass is 10.0. The molecule has 0 amide bonds. The molecule has 1 aromatic heterocycles. The van der Waals surface area contributed by atoms with E-state index < -0.39 is 0 Å². The van der Waals surface area contributed by atoms with Crippen LogP contribution in [-0.2, 0) is 0 Å². The zero-order valence-corrected chi connectivity index (χ0v) is 18.3. The Labute approximate surface area is 177 Å². The van der Waals surface area contributed by atoms with Gasteiger partial charge in [0.2, 0.25) is 0 Å². The van der Waals surface area contributed by atoms with Crippen molar-refractivity contribution in [1.82, 2.24) is 4.98 Å². The summed E-state index contributed by atoms with van der Waals surface area (Å²) in [4.78, 5) is 4.81. The molecule has 0 unspecified atom stereocenters. The Morgan fingerprint density at radius 1 is 0.586 bits per heavy atom. The number of nitrogens with zero attached hydrogens (tertiary/aromatic N) is 1. The average Bonchev–Trinajstić information content (AvgIpc) is 2.76. The highest BCUT2D eigenvalue weighted by atomic mass is 14.9. The molecule has 0 fully saturated rings. The standard InChI is InChI=1S/C27H38N2/c1-2-3-4-5-6-7-8-9-10-11-12-17-22-28-27-23-18-13-15-20-25(23)29-26-21-16-14-19-24(26)27/h13-16,18-21H,2-12,17,22H2,1H3,(H,28,29). The summed E-state index contributed by atoms with van der Waals surface area (Å²) in [5.74, 6) is 0. The molecule has 3 aromatic rings. The highest BCUT2D eigenvalue weighted by Gasteiger charge is 2.07. The molecule has 0 aliphatic heterocycles. The van der Waals surface area contributed by atoms with E-state index in [-0.39, 0.29) is 0 Å². The molecule has 2 aromatic carbocycles. The molecule has 0 saturated heterocycles. The summed E-state index contributed by atoms with van der Waals surface area (Å²) in [5.41, 5.74) is 3.39. The van der Waals surface area contributed by atoms with Crippen molar-refractivity contribution in [2.24, 2.45) is 0 Å². The topological polar surface area (TPSA) is 24.9 Å². The summed E-state index contributed by atoms with van der Waals surface area (Å²) in [6.45, 7) is 3.33. The van der Waals surface area contributed by atoms with Crippen LogP contribution in [0.4, 0.5) is 5.69 Å². The van der Waals surface area contributed by atoms with Crippen LogP contribution in [-0.4, -0.2) is 11.5 Å². The van der Waals surface area contributed by atoms with E-state index in [4.69, 9.17) is 4.98 Å². The molecule has 0 spiro atoms. The lowest BCUT2D eigenvalue weighted by Crippen LogP contribution is -2.03. The van der Waals surface area contributed by atoms with Gasteiger partial charge in [-0.2, -0.15) is 0 Å². The Bertz CT molecular complexity index is 801. The van der Waals surface area contributed by atoms with E-state index in [0.717, 1.165) is 17.6 Å². The highest BCUT2D eigenvalue weighted by Crippen LogP contribution is 2.30. The molecule has 0 aliphatic carbocycles. The number of benzene rings is 2. The molecule has 0 bridgehead atoms. The van der Waals surface area contributed by atoms with E-state index in [9.17, 15) is 0 Å². The second-order valence-corrected chi connectivity index (χ2v) is 8.34. The van der Waals surface area contributed by atoms with Crippen LogP contribution < -0.4 is 5.32 Å². The number of anilines is 1. The van der Waals surface area contributed by atoms with E-state index in [1.165, 1.54) is 93.5 Å². The molecule has 0 aliphatic rings. The number of unbranched alkanes of at least 4 members (excludes halogenated alkanes) is 11. The van der Waals surface area contributed by atoms with Gasteiger partial charge < -0.3 is 5.32 Å². The van der Waals surface area contributed by atoms with E-state index in [2.05, 4.69) is 60.8 Å². The molecule has 0 saturated carbocycles. The smallest absolute Gasteiger partial charge is 0.0730 e. The van der Waals surface area contributed by atoms with Crippen LogP contribution in [0.3, 0.4) is 0 Å². The molecule has 1 N–H and O–H groups in total. The van der Waals surface area contributed by atoms with Crippen molar-refractivity contribution in [3.05, 3.63) is 48.5 Å². The minimum Gasteiger partial charge on any atom is -0.384 e. The first-order valence-electron chi connectivity index (χ1n) is 11.9. The minimum absolute atomic E-state index is 1.04. The Morgan fingerprint density at radius 3 is 1.55 bits per heavy atom. The fourth-order valence-electron chi connectivity index (χ4n) is 4.21. The summed E-state index contributed by atoms with van der Waals surface area (Å²) in [5, 5.41) is 6.18. The third-order valence-corrected chi connectivity index (χ3v) is 5.92. The van der Waals surface area contributed by atoms with Crippen molar-refractivity contribution in [3.8, 4) is 0 Å². The van der Waals surface area contributed by atoms with E-state index in [1.54, 1.807) is 0 Å². The Balaban J connectivity index is 1.36. The lowest BCUT2D eigenvalue weighted by Gasteiger charge is -2.13. The normalized spacial score (nSPS) is 11.3. The maximum Gasteiger partial charge on any atom is 0.0730 e. The van der Waals surface area contributed by atoms with Crippen molar-refractivity contribution in [2.45, 2.75) is 84.0 Å². The van der Waals surface area contributed by atoms with Crippen LogP contribution in [0.25, 0.3) is 21.8 Å². The summed E-state index contributed by atoms with van der Waals surface area (Å²) >= 11 is 0. The van der Waals surface area contributed by atoms with Crippen LogP contribution in [0, 0.1) is 0 Å². The van der Waals surface area contributed by atoms with Gasteiger partial charge in [-0.25, -0.2) is 4.98 Å². The van der Waals surface area contributed by atoms with Crippen LogP contribution in [0.1, 0.15) is 84.0 Å². The number of hydrogen-bond donors (Lipinski definition) is 1. The monoisotopic (exact) mass is 390 g/mol. The van der Waals surface area contributed by atoms with Gasteiger partial charge in [0.25, 0.3) is 0 Å². The third kappa shape index (κ3) is 6.73. The zero-order chi connectivity index (χ0) is 20.2. The first-order chi connectivity index (χ1) is 14.4. The molecule has 29 heavy (non-hydrogen) atoms. The van der Waals surface area contributed by atoms with Gasteiger partial charge in [0, 0.05) is 17.3 Å². The van der Waals surface area contributed by atoms with Gasteiger partial charge >= 0.3 is 0 Å². The van der Waals surface area contributed by atoms with Gasteiger partial charge in [-0.15, -0.1) is 0 Å². The van der Waals surface area contributed by atoms with E-state index >= 15 is 0 Å². The molecule has 1 heterocycles. The van der Waals surface area contributed by atoms with Gasteiger partial charge in [-0.1, -0.05) is 114 Å². The molecular formula is C27H38N2. The molecule has 2 heteroatoms. The molecule has 156 valence electrons. The van der Waals surface area contributed by atoms with Crippen LogP contribution in [0.2, 0.25) is 0 Å². The molecular weight excluding hydrogens is 352 g/mol. The number of aromatic nitrogens is 1. The van der Waals surface area contributed by atoms with Crippen molar-refractivity contribution in [2.75, 3.05) is 11.9 Å². The number of nitrogens with one attached hydrogen (secondary N) is 1. The maximum absolute atomic E-state index is 4.81. The van der Waals surface area contributed by atoms with Gasteiger partial charge in [-0.05, 0) is 18.6 Å². The highest BCUT2D eigenvalue weighted by molar-refractivity contribution is 6.07. The number of para-hydroxylation sites is 2. The largest absolute Gasteiger partial charge is 0.384 e. The lowest BCUT2D eigenvalue weighted by molar-refractivity contribution is 0.546. The second kappa shape index (κ2) is 12.5. The van der Waals surface area contributed by atoms with Crippen molar-refractivity contribution in [3.63, 3.8) is 0 Å². The van der Waals surface area contributed by atoms with Crippen molar-refractivity contribution < 1.29 is 0 Å². The number of rotatable bonds is 14. The summed E-state index contributed by atoms with van der Waals surface area (Å²) < 4.78 is 0. The predicted molar refractivity (Wildman–Crippen MR) is 129 cm³/mol. The van der Waals surface area contributed by atoms with Crippen LogP contribution >= 0.6 is 0 Å². The Kier molecular flexibility index (Phi) is 9.29. The quantitative estimate of drug-likeness (QED) is 0.220. The summed E-state index contributed by atoms with van der Waals surface area (Å²) in [6.07, 6.45) is 16.7. The summed E-state index contributed by atoms with van der Waals surface area (Å²) in [7, 11) is 0. The van der Waals surface area contributed by atoms with Crippen LogP contribution in [0.15, 0.2) is 48.5 Å². The maximum atomic E-state index is 4.81. The minimum atomic E-state index is 1.04. The van der Waals surface area contributed by atoms with Gasteiger partial charge in [0.05, 0.1) is 16.7 Å². The first-order valence-corrected chi connectivity index (χ1v) is 11.9. The molecule has 0 radical (unpaired) electrons. The number of hydrogen-bond acceptors (Lipinski definition) is 2. The Hall–Kier alpha value is -2.09. The van der Waals surface area contributed by atoms with Gasteiger partial charge in [0.1, 0.15) is 0 Å². The van der Waals surface area contributed by atoms with Crippen LogP contribution in [0.5, 0.6) is 0 Å². The van der Waals surface area contributed by atoms with E-state index in [0.29, 0.717) is 0 Å². The number of fused-ring (bicyclic) bond motifs is 2. The number of pyridine rings is 1. The van der Waals surface area contributed by atoms with Crippen molar-refractivity contribution >= 4 is 27.5 Å².